The topological polar surface area (TPSA) is 89.5 Å². The van der Waals surface area contributed by atoms with Gasteiger partial charge in [-0.3, -0.25) is 4.98 Å². The Bertz CT molecular complexity index is 1570. The van der Waals surface area contributed by atoms with Crippen molar-refractivity contribution in [3.05, 3.63) is 64.9 Å². The van der Waals surface area contributed by atoms with E-state index in [1.54, 1.807) is 10.8 Å². The van der Waals surface area contributed by atoms with Crippen molar-refractivity contribution in [1.29, 1.82) is 5.26 Å². The molecule has 0 radical (unpaired) electrons. The second-order valence-electron chi connectivity index (χ2n) is 10.1. The number of ether oxygens (including phenoxy) is 1. The summed E-state index contributed by atoms with van der Waals surface area (Å²) in [6.45, 7) is 5.94. The molecule has 1 aromatic carbocycles. The third-order valence-corrected chi connectivity index (χ3v) is 7.14. The van der Waals surface area contributed by atoms with E-state index in [2.05, 4.69) is 19.9 Å². The van der Waals surface area contributed by atoms with E-state index in [1.807, 2.05) is 39.0 Å². The molecule has 1 atom stereocenters. The van der Waals surface area contributed by atoms with Crippen molar-refractivity contribution in [3.63, 3.8) is 0 Å². The first-order valence-electron chi connectivity index (χ1n) is 12.7. The van der Waals surface area contributed by atoms with Gasteiger partial charge in [-0.2, -0.15) is 28.4 Å². The Morgan fingerprint density at radius 3 is 2.49 bits per heavy atom. The van der Waals surface area contributed by atoms with Crippen LogP contribution in [0.2, 0.25) is 0 Å². The number of rotatable bonds is 7. The number of fused-ring (bicyclic) bond motifs is 1. The smallest absolute Gasteiger partial charge is 0.419 e. The fraction of sp³-hybridized carbons (Fsp3) is 0.393. The van der Waals surface area contributed by atoms with Crippen LogP contribution in [0.25, 0.3) is 22.7 Å². The number of benzene rings is 1. The molecule has 0 amide bonds. The minimum Gasteiger partial charge on any atom is -0.473 e. The summed E-state index contributed by atoms with van der Waals surface area (Å²) in [5, 5.41) is 9.56. The van der Waals surface area contributed by atoms with Gasteiger partial charge in [0.2, 0.25) is 11.7 Å². The number of hydrogen-bond donors (Lipinski definition) is 0. The van der Waals surface area contributed by atoms with E-state index in [-0.39, 0.29) is 41.5 Å². The van der Waals surface area contributed by atoms with E-state index in [0.29, 0.717) is 23.0 Å². The Morgan fingerprint density at radius 2 is 1.87 bits per heavy atom. The summed E-state index contributed by atoms with van der Waals surface area (Å²) >= 11 is 0. The monoisotopic (exact) mass is 538 g/mol. The summed E-state index contributed by atoms with van der Waals surface area (Å²) in [5.74, 6) is -0.478. The quantitative estimate of drug-likeness (QED) is 0.245. The van der Waals surface area contributed by atoms with Gasteiger partial charge in [-0.15, -0.1) is 0 Å². The zero-order chi connectivity index (χ0) is 27.9. The van der Waals surface area contributed by atoms with E-state index in [4.69, 9.17) is 4.74 Å². The van der Waals surface area contributed by atoms with Crippen molar-refractivity contribution < 1.29 is 22.3 Å². The van der Waals surface area contributed by atoms with E-state index >= 15 is 0 Å². The first kappa shape index (κ1) is 26.5. The number of imidazole rings is 1. The zero-order valence-corrected chi connectivity index (χ0v) is 21.6. The molecule has 1 aliphatic rings. The van der Waals surface area contributed by atoms with Crippen LogP contribution in [0.3, 0.4) is 0 Å². The van der Waals surface area contributed by atoms with Crippen LogP contribution in [0.1, 0.15) is 68.5 Å². The van der Waals surface area contributed by atoms with Crippen LogP contribution in [0.15, 0.2) is 36.5 Å². The molecule has 5 rings (SSSR count). The average Bonchev–Trinajstić information content (AvgIpc) is 3.20. The third-order valence-electron chi connectivity index (χ3n) is 7.14. The van der Waals surface area contributed by atoms with Crippen molar-refractivity contribution in [1.82, 2.24) is 24.5 Å². The molecule has 202 valence electrons. The molecular formula is C28H26F4N6O. The molecule has 0 N–H and O–H groups in total. The number of nitriles is 1. The molecule has 3 heterocycles. The highest BCUT2D eigenvalue weighted by Gasteiger charge is 2.34. The Labute approximate surface area is 222 Å². The Kier molecular flexibility index (Phi) is 6.97. The highest BCUT2D eigenvalue weighted by atomic mass is 19.4. The van der Waals surface area contributed by atoms with E-state index in [0.717, 1.165) is 37.0 Å². The maximum Gasteiger partial charge on any atom is 0.419 e. The third kappa shape index (κ3) is 5.28. The molecule has 0 saturated heterocycles. The van der Waals surface area contributed by atoms with Crippen molar-refractivity contribution in [2.75, 3.05) is 0 Å². The summed E-state index contributed by atoms with van der Waals surface area (Å²) in [6, 6.07) is 8.49. The minimum atomic E-state index is -4.81. The Morgan fingerprint density at radius 1 is 1.10 bits per heavy atom. The molecule has 0 spiro atoms. The van der Waals surface area contributed by atoms with Gasteiger partial charge in [0, 0.05) is 6.20 Å². The number of halogens is 4. The van der Waals surface area contributed by atoms with Crippen LogP contribution in [0.4, 0.5) is 17.6 Å². The van der Waals surface area contributed by atoms with Crippen molar-refractivity contribution >= 4 is 11.2 Å². The van der Waals surface area contributed by atoms with Crippen LogP contribution in [0, 0.1) is 23.1 Å². The van der Waals surface area contributed by atoms with Crippen LogP contribution in [-0.4, -0.2) is 30.6 Å². The van der Waals surface area contributed by atoms with Gasteiger partial charge in [0.05, 0.1) is 12.1 Å². The predicted octanol–water partition coefficient (Wildman–Crippen LogP) is 6.66. The minimum absolute atomic E-state index is 0.0576. The molecule has 1 aliphatic carbocycles. The van der Waals surface area contributed by atoms with Crippen LogP contribution in [0.5, 0.6) is 5.88 Å². The molecule has 1 saturated carbocycles. The van der Waals surface area contributed by atoms with Gasteiger partial charge >= 0.3 is 6.18 Å². The lowest BCUT2D eigenvalue weighted by Gasteiger charge is -2.31. The fourth-order valence-corrected chi connectivity index (χ4v) is 4.66. The lowest BCUT2D eigenvalue weighted by atomic mass is 9.82. The molecule has 7 nitrogen and oxygen atoms in total. The maximum atomic E-state index is 14.5. The van der Waals surface area contributed by atoms with Crippen LogP contribution >= 0.6 is 0 Å². The number of nitrogens with zero attached hydrogens (tertiary/aromatic N) is 6. The van der Waals surface area contributed by atoms with Gasteiger partial charge < -0.3 is 9.30 Å². The fourth-order valence-electron chi connectivity index (χ4n) is 4.66. The van der Waals surface area contributed by atoms with Crippen molar-refractivity contribution in [2.24, 2.45) is 5.92 Å². The average molecular weight is 539 g/mol. The molecule has 39 heavy (non-hydrogen) atoms. The SMILES string of the molecule is CC(C)c1ccnc(-c2nc3nc(C#N)nc(OC(C)C4CCC4)c3n2Cc2ccc(C(F)(F)F)c(F)c2)c1. The van der Waals surface area contributed by atoms with E-state index < -0.39 is 17.6 Å². The Balaban J connectivity index is 1.69. The summed E-state index contributed by atoms with van der Waals surface area (Å²) < 4.78 is 61.9. The zero-order valence-electron chi connectivity index (χ0n) is 21.6. The number of pyridine rings is 1. The number of hydrogen-bond acceptors (Lipinski definition) is 6. The molecule has 4 aromatic rings. The Hall–Kier alpha value is -4.07. The van der Waals surface area contributed by atoms with Gasteiger partial charge in [-0.1, -0.05) is 26.3 Å². The standard InChI is InChI=1S/C28H26F4N6O/c1-15(2)19-9-10-34-22(12-19)26-37-25-24(27(36-23(13-33)35-25)39-16(3)18-5-4-6-18)38(26)14-17-7-8-20(21(29)11-17)28(30,31)32/h7-12,15-16,18H,4-6,14H2,1-3H3. The van der Waals surface area contributed by atoms with E-state index in [1.165, 1.54) is 6.07 Å². The summed E-state index contributed by atoms with van der Waals surface area (Å²) in [7, 11) is 0. The van der Waals surface area contributed by atoms with Crippen molar-refractivity contribution in [2.45, 2.75) is 64.8 Å². The van der Waals surface area contributed by atoms with Gasteiger partial charge in [-0.25, -0.2) is 9.37 Å². The first-order chi connectivity index (χ1) is 18.5. The molecule has 11 heteroatoms. The second-order valence-corrected chi connectivity index (χ2v) is 10.1. The molecule has 3 aromatic heterocycles. The predicted molar refractivity (Wildman–Crippen MR) is 135 cm³/mol. The largest absolute Gasteiger partial charge is 0.473 e. The summed E-state index contributed by atoms with van der Waals surface area (Å²) in [5.41, 5.74) is 0.946. The number of aromatic nitrogens is 5. The highest BCUT2D eigenvalue weighted by molar-refractivity contribution is 5.81. The normalized spacial score (nSPS) is 14.8. The van der Waals surface area contributed by atoms with Gasteiger partial charge in [0.15, 0.2) is 17.0 Å². The molecular weight excluding hydrogens is 512 g/mol. The second kappa shape index (κ2) is 10.2. The number of alkyl halides is 3. The molecule has 1 unspecified atom stereocenters. The van der Waals surface area contributed by atoms with Crippen molar-refractivity contribution in [3.8, 4) is 23.5 Å². The lowest BCUT2D eigenvalue weighted by Crippen LogP contribution is -2.29. The maximum absolute atomic E-state index is 14.5. The van der Waals surface area contributed by atoms with Gasteiger partial charge in [-0.05, 0) is 67.0 Å². The van der Waals surface area contributed by atoms with E-state index in [9.17, 15) is 22.8 Å². The van der Waals surface area contributed by atoms with Crippen LogP contribution in [-0.2, 0) is 12.7 Å². The molecule has 0 aliphatic heterocycles. The molecule has 1 fully saturated rings. The summed E-state index contributed by atoms with van der Waals surface area (Å²) in [6.07, 6.45) is -0.212. The first-order valence-corrected chi connectivity index (χ1v) is 12.7. The van der Waals surface area contributed by atoms with Gasteiger partial charge in [0.25, 0.3) is 0 Å². The highest BCUT2D eigenvalue weighted by Crippen LogP contribution is 2.36. The lowest BCUT2D eigenvalue weighted by molar-refractivity contribution is -0.140. The van der Waals surface area contributed by atoms with Gasteiger partial charge in [0.1, 0.15) is 23.7 Å². The van der Waals surface area contributed by atoms with Crippen LogP contribution < -0.4 is 4.74 Å². The summed E-state index contributed by atoms with van der Waals surface area (Å²) in [4.78, 5) is 17.7. The molecule has 0 bridgehead atoms.